The largest absolute Gasteiger partial charge is 1.00 e. The highest BCUT2D eigenvalue weighted by Gasteiger charge is 2.10. The summed E-state index contributed by atoms with van der Waals surface area (Å²) in [5, 5.41) is 0. The second kappa shape index (κ2) is 4.28. The lowest BCUT2D eigenvalue weighted by Crippen LogP contribution is -3.00. The van der Waals surface area contributed by atoms with Crippen molar-refractivity contribution in [3.05, 3.63) is 23.7 Å². The monoisotopic (exact) mass is 281 g/mol. The molecule has 1 rings (SSSR count). The number of furan rings is 1. The first-order valence-corrected chi connectivity index (χ1v) is 3.83. The van der Waals surface area contributed by atoms with Gasteiger partial charge in [-0.3, -0.25) is 0 Å². The van der Waals surface area contributed by atoms with Gasteiger partial charge in [0.1, 0.15) is 12.3 Å². The molecular weight excluding hydrogens is 265 g/mol. The number of rotatable bonds is 2. The molecule has 0 bridgehead atoms. The minimum atomic E-state index is 0. The van der Waals surface area contributed by atoms with Gasteiger partial charge in [0.05, 0.1) is 21.1 Å². The smallest absolute Gasteiger partial charge is 0.158 e. The molecule has 1 aromatic heterocycles. The molecule has 0 aliphatic heterocycles. The van der Waals surface area contributed by atoms with Crippen LogP contribution in [0.3, 0.4) is 0 Å². The average Bonchev–Trinajstić information content (AvgIpc) is 2.10. The van der Waals surface area contributed by atoms with Crippen molar-refractivity contribution in [2.75, 3.05) is 21.1 Å². The van der Waals surface area contributed by atoms with Crippen LogP contribution in [0.4, 0.5) is 0 Å². The highest BCUT2D eigenvalue weighted by molar-refractivity contribution is 5.04. The van der Waals surface area contributed by atoms with Crippen molar-refractivity contribution in [2.45, 2.75) is 13.5 Å². The van der Waals surface area contributed by atoms with Gasteiger partial charge >= 0.3 is 0 Å². The topological polar surface area (TPSA) is 13.1 Å². The summed E-state index contributed by atoms with van der Waals surface area (Å²) in [6.45, 7) is 2.92. The van der Waals surface area contributed by atoms with Crippen molar-refractivity contribution in [1.82, 2.24) is 0 Å². The van der Waals surface area contributed by atoms with Gasteiger partial charge in [0.2, 0.25) is 0 Å². The van der Waals surface area contributed by atoms with Crippen molar-refractivity contribution in [3.63, 3.8) is 0 Å². The van der Waals surface area contributed by atoms with Crippen LogP contribution in [-0.4, -0.2) is 25.6 Å². The van der Waals surface area contributed by atoms with E-state index in [2.05, 4.69) is 21.1 Å². The van der Waals surface area contributed by atoms with E-state index in [0.29, 0.717) is 0 Å². The van der Waals surface area contributed by atoms with Gasteiger partial charge < -0.3 is 32.9 Å². The minimum absolute atomic E-state index is 0. The normalized spacial score (nSPS) is 11.0. The maximum atomic E-state index is 5.44. The Morgan fingerprint density at radius 2 is 1.83 bits per heavy atom. The van der Waals surface area contributed by atoms with Gasteiger partial charge in [0.25, 0.3) is 0 Å². The van der Waals surface area contributed by atoms with Crippen LogP contribution < -0.4 is 24.0 Å². The highest BCUT2D eigenvalue weighted by Crippen LogP contribution is 2.10. The number of quaternary nitrogens is 1. The molecule has 0 aliphatic rings. The molecule has 0 amide bonds. The standard InChI is InChI=1S/C9H16NO.HI/c1-8-5-6-9(11-8)7-10(2,3)4;/h5-6H,7H2,1-4H3;1H/q+1;/p-1. The molecule has 0 saturated carbocycles. The van der Waals surface area contributed by atoms with Gasteiger partial charge in [-0.15, -0.1) is 0 Å². The Morgan fingerprint density at radius 1 is 1.25 bits per heavy atom. The van der Waals surface area contributed by atoms with E-state index in [-0.39, 0.29) is 24.0 Å². The molecule has 70 valence electrons. The van der Waals surface area contributed by atoms with E-state index in [4.69, 9.17) is 4.42 Å². The Hall–Kier alpha value is -0.0300. The van der Waals surface area contributed by atoms with E-state index in [1.807, 2.05) is 19.1 Å². The van der Waals surface area contributed by atoms with Gasteiger partial charge in [0.15, 0.2) is 5.76 Å². The number of aryl methyl sites for hydroxylation is 1. The molecule has 0 unspecified atom stereocenters. The average molecular weight is 281 g/mol. The molecule has 2 nitrogen and oxygen atoms in total. The summed E-state index contributed by atoms with van der Waals surface area (Å²) in [4.78, 5) is 0. The Labute approximate surface area is 91.2 Å². The zero-order valence-electron chi connectivity index (χ0n) is 8.10. The first kappa shape index (κ1) is 12.0. The van der Waals surface area contributed by atoms with Crippen molar-refractivity contribution in [1.29, 1.82) is 0 Å². The summed E-state index contributed by atoms with van der Waals surface area (Å²) >= 11 is 0. The Balaban J connectivity index is 0.00000121. The van der Waals surface area contributed by atoms with E-state index in [0.717, 1.165) is 22.5 Å². The number of nitrogens with zero attached hydrogens (tertiary/aromatic N) is 1. The zero-order valence-corrected chi connectivity index (χ0v) is 10.3. The number of hydrogen-bond donors (Lipinski definition) is 0. The van der Waals surface area contributed by atoms with Crippen LogP contribution in [0.5, 0.6) is 0 Å². The predicted molar refractivity (Wildman–Crippen MR) is 45.2 cm³/mol. The van der Waals surface area contributed by atoms with E-state index < -0.39 is 0 Å². The van der Waals surface area contributed by atoms with Crippen molar-refractivity contribution < 1.29 is 32.9 Å². The predicted octanol–water partition coefficient (Wildman–Crippen LogP) is -1.20. The quantitative estimate of drug-likeness (QED) is 0.490. The molecule has 0 aliphatic carbocycles. The van der Waals surface area contributed by atoms with Gasteiger partial charge in [-0.1, -0.05) is 0 Å². The lowest BCUT2D eigenvalue weighted by molar-refractivity contribution is -0.884. The molecule has 0 spiro atoms. The van der Waals surface area contributed by atoms with Gasteiger partial charge in [-0.05, 0) is 19.1 Å². The third kappa shape index (κ3) is 4.11. The summed E-state index contributed by atoms with van der Waals surface area (Å²) in [7, 11) is 6.45. The van der Waals surface area contributed by atoms with Crippen LogP contribution in [-0.2, 0) is 6.54 Å². The lowest BCUT2D eigenvalue weighted by atomic mass is 10.4. The van der Waals surface area contributed by atoms with E-state index >= 15 is 0 Å². The first-order valence-electron chi connectivity index (χ1n) is 3.83. The Morgan fingerprint density at radius 3 is 2.17 bits per heavy atom. The zero-order chi connectivity index (χ0) is 8.48. The molecule has 3 heteroatoms. The van der Waals surface area contributed by atoms with Crippen LogP contribution in [0.25, 0.3) is 0 Å². The fourth-order valence-corrected chi connectivity index (χ4v) is 1.04. The molecule has 0 radical (unpaired) electrons. The summed E-state index contributed by atoms with van der Waals surface area (Å²) in [5.74, 6) is 2.06. The first-order chi connectivity index (χ1) is 4.97. The van der Waals surface area contributed by atoms with Crippen LogP contribution >= 0.6 is 0 Å². The second-order valence-electron chi connectivity index (χ2n) is 3.96. The molecule has 1 heterocycles. The molecule has 1 aromatic rings. The number of hydrogen-bond acceptors (Lipinski definition) is 1. The molecule has 0 fully saturated rings. The SMILES string of the molecule is Cc1ccc(C[N+](C)(C)C)o1.[I-]. The van der Waals surface area contributed by atoms with Crippen LogP contribution in [0.1, 0.15) is 11.5 Å². The molecule has 0 atom stereocenters. The van der Waals surface area contributed by atoms with Gasteiger partial charge in [-0.25, -0.2) is 0 Å². The van der Waals surface area contributed by atoms with Gasteiger partial charge in [-0.2, -0.15) is 0 Å². The molecule has 0 N–H and O–H groups in total. The third-order valence-electron chi connectivity index (χ3n) is 1.43. The molecular formula is C9H16INO. The summed E-state index contributed by atoms with van der Waals surface area (Å²) in [6.07, 6.45) is 0. The van der Waals surface area contributed by atoms with Crippen molar-refractivity contribution in [2.24, 2.45) is 0 Å². The molecule has 12 heavy (non-hydrogen) atoms. The Bertz CT molecular complexity index is 237. The van der Waals surface area contributed by atoms with Crippen LogP contribution in [0, 0.1) is 6.92 Å². The fourth-order valence-electron chi connectivity index (χ4n) is 1.04. The summed E-state index contributed by atoms with van der Waals surface area (Å²) in [5.41, 5.74) is 0. The second-order valence-corrected chi connectivity index (χ2v) is 3.96. The maximum Gasteiger partial charge on any atom is 0.158 e. The van der Waals surface area contributed by atoms with Crippen LogP contribution in [0.15, 0.2) is 16.5 Å². The minimum Gasteiger partial charge on any atom is -1.00 e. The lowest BCUT2D eigenvalue weighted by Gasteiger charge is -2.22. The fraction of sp³-hybridized carbons (Fsp3) is 0.556. The summed E-state index contributed by atoms with van der Waals surface area (Å²) < 4.78 is 6.35. The van der Waals surface area contributed by atoms with Crippen LogP contribution in [0.2, 0.25) is 0 Å². The van der Waals surface area contributed by atoms with Crippen molar-refractivity contribution >= 4 is 0 Å². The molecule has 0 aromatic carbocycles. The molecule has 0 saturated heterocycles. The highest BCUT2D eigenvalue weighted by atomic mass is 127. The summed E-state index contributed by atoms with van der Waals surface area (Å²) in [6, 6.07) is 4.05. The van der Waals surface area contributed by atoms with Gasteiger partial charge in [0, 0.05) is 0 Å². The van der Waals surface area contributed by atoms with E-state index in [1.54, 1.807) is 0 Å². The number of halogens is 1. The Kier molecular flexibility index (Phi) is 4.26. The third-order valence-corrected chi connectivity index (χ3v) is 1.43. The van der Waals surface area contributed by atoms with E-state index in [9.17, 15) is 0 Å². The maximum absolute atomic E-state index is 5.44. The van der Waals surface area contributed by atoms with E-state index in [1.165, 1.54) is 0 Å². The van der Waals surface area contributed by atoms with Crippen molar-refractivity contribution in [3.8, 4) is 0 Å².